The SMILES string of the molecule is CCC(Sc1nc(-c2ccccc2)cc(-c2cccc(OC)c2OC)c1C#N)C(=O)Nc1cc(C)nc2ccccc12. The van der Waals surface area contributed by atoms with Gasteiger partial charge in [0.1, 0.15) is 11.1 Å². The molecular formula is C34H30N4O3S. The zero-order valence-corrected chi connectivity index (χ0v) is 24.7. The molecule has 5 aromatic rings. The molecule has 0 spiro atoms. The van der Waals surface area contributed by atoms with Crippen molar-refractivity contribution in [2.45, 2.75) is 30.5 Å². The average molecular weight is 575 g/mol. The highest BCUT2D eigenvalue weighted by atomic mass is 32.2. The van der Waals surface area contributed by atoms with Crippen LogP contribution in [0.4, 0.5) is 5.69 Å². The first-order valence-electron chi connectivity index (χ1n) is 13.5. The second-order valence-electron chi connectivity index (χ2n) is 9.59. The number of aromatic nitrogens is 2. The van der Waals surface area contributed by atoms with Crippen molar-refractivity contribution >= 4 is 34.3 Å². The summed E-state index contributed by atoms with van der Waals surface area (Å²) < 4.78 is 11.3. The van der Waals surface area contributed by atoms with Crippen LogP contribution in [-0.2, 0) is 4.79 Å². The third kappa shape index (κ3) is 5.78. The minimum Gasteiger partial charge on any atom is -0.493 e. The van der Waals surface area contributed by atoms with Gasteiger partial charge in [-0.05, 0) is 37.6 Å². The van der Waals surface area contributed by atoms with Gasteiger partial charge in [-0.2, -0.15) is 5.26 Å². The van der Waals surface area contributed by atoms with Crippen LogP contribution in [0.1, 0.15) is 24.6 Å². The molecule has 0 aliphatic heterocycles. The molecule has 2 heterocycles. The molecule has 3 aromatic carbocycles. The van der Waals surface area contributed by atoms with Crippen molar-refractivity contribution in [1.29, 1.82) is 5.26 Å². The Bertz CT molecular complexity index is 1800. The molecule has 5 rings (SSSR count). The van der Waals surface area contributed by atoms with E-state index in [-0.39, 0.29) is 5.91 Å². The van der Waals surface area contributed by atoms with E-state index in [1.165, 1.54) is 11.8 Å². The fourth-order valence-corrected chi connectivity index (χ4v) is 5.89. The molecule has 0 aliphatic carbocycles. The first-order chi connectivity index (χ1) is 20.5. The van der Waals surface area contributed by atoms with E-state index in [0.29, 0.717) is 51.0 Å². The molecule has 1 unspecified atom stereocenters. The normalized spacial score (nSPS) is 11.5. The van der Waals surface area contributed by atoms with Gasteiger partial charge in [0.2, 0.25) is 5.91 Å². The number of anilines is 1. The Morgan fingerprint density at radius 3 is 2.43 bits per heavy atom. The van der Waals surface area contributed by atoms with Crippen LogP contribution in [0.3, 0.4) is 0 Å². The number of pyridine rings is 2. The third-order valence-electron chi connectivity index (χ3n) is 6.88. The molecule has 1 atom stereocenters. The minimum absolute atomic E-state index is 0.172. The molecule has 0 saturated carbocycles. The highest BCUT2D eigenvalue weighted by molar-refractivity contribution is 8.00. The maximum atomic E-state index is 13.7. The summed E-state index contributed by atoms with van der Waals surface area (Å²) >= 11 is 1.28. The third-order valence-corrected chi connectivity index (χ3v) is 8.23. The summed E-state index contributed by atoms with van der Waals surface area (Å²) in [5.41, 5.74) is 5.62. The smallest absolute Gasteiger partial charge is 0.237 e. The molecular weight excluding hydrogens is 544 g/mol. The summed E-state index contributed by atoms with van der Waals surface area (Å²) in [5, 5.41) is 14.4. The molecule has 1 N–H and O–H groups in total. The van der Waals surface area contributed by atoms with E-state index in [9.17, 15) is 10.1 Å². The molecule has 210 valence electrons. The Balaban J connectivity index is 1.60. The number of para-hydroxylation sites is 2. The molecule has 0 fully saturated rings. The van der Waals surface area contributed by atoms with Crippen molar-refractivity contribution in [3.8, 4) is 40.0 Å². The number of nitriles is 1. The molecule has 0 saturated heterocycles. The van der Waals surface area contributed by atoms with E-state index in [0.717, 1.165) is 22.2 Å². The van der Waals surface area contributed by atoms with Gasteiger partial charge in [-0.1, -0.05) is 79.3 Å². The minimum atomic E-state index is -0.511. The van der Waals surface area contributed by atoms with E-state index in [1.807, 2.05) is 98.8 Å². The number of ether oxygens (including phenoxy) is 2. The second-order valence-corrected chi connectivity index (χ2v) is 10.8. The van der Waals surface area contributed by atoms with E-state index in [2.05, 4.69) is 16.4 Å². The molecule has 0 bridgehead atoms. The predicted molar refractivity (Wildman–Crippen MR) is 168 cm³/mol. The zero-order valence-electron chi connectivity index (χ0n) is 23.8. The number of rotatable bonds is 9. The van der Waals surface area contributed by atoms with Crippen LogP contribution in [-0.4, -0.2) is 35.3 Å². The van der Waals surface area contributed by atoms with Crippen LogP contribution in [0.15, 0.2) is 90.0 Å². The van der Waals surface area contributed by atoms with Crippen molar-refractivity contribution in [1.82, 2.24) is 9.97 Å². The van der Waals surface area contributed by atoms with Gasteiger partial charge in [-0.15, -0.1) is 0 Å². The number of fused-ring (bicyclic) bond motifs is 1. The first-order valence-corrected chi connectivity index (χ1v) is 14.4. The summed E-state index contributed by atoms with van der Waals surface area (Å²) in [6.07, 6.45) is 0.526. The standard InChI is InChI=1S/C34H30N4O3S/c1-5-31(33(39)37-29-18-21(2)36-27-16-10-9-14-24(27)29)42-34-26(20-35)25(19-28(38-34)22-12-7-6-8-13-22)23-15-11-17-30(40-3)32(23)41-4/h6-19,31H,5H2,1-4H3,(H,36,37,39). The van der Waals surface area contributed by atoms with E-state index in [4.69, 9.17) is 14.5 Å². The molecule has 2 aromatic heterocycles. The number of hydrogen-bond acceptors (Lipinski definition) is 7. The van der Waals surface area contributed by atoms with Gasteiger partial charge < -0.3 is 14.8 Å². The summed E-state index contributed by atoms with van der Waals surface area (Å²) in [5.74, 6) is 0.897. The number of nitrogens with one attached hydrogen (secondary N) is 1. The maximum absolute atomic E-state index is 13.7. The molecule has 1 amide bonds. The number of benzene rings is 3. The van der Waals surface area contributed by atoms with Gasteiger partial charge in [-0.25, -0.2) is 4.98 Å². The summed E-state index contributed by atoms with van der Waals surface area (Å²) in [7, 11) is 3.15. The fourth-order valence-electron chi connectivity index (χ4n) is 4.86. The summed E-state index contributed by atoms with van der Waals surface area (Å²) in [6.45, 7) is 3.85. The maximum Gasteiger partial charge on any atom is 0.237 e. The topological polar surface area (TPSA) is 97.1 Å². The monoisotopic (exact) mass is 574 g/mol. The number of thioether (sulfide) groups is 1. The van der Waals surface area contributed by atoms with E-state index >= 15 is 0 Å². The number of carbonyl (C=O) groups excluding carboxylic acids is 1. The molecule has 42 heavy (non-hydrogen) atoms. The van der Waals surface area contributed by atoms with Crippen LogP contribution in [0, 0.1) is 18.3 Å². The largest absolute Gasteiger partial charge is 0.493 e. The Morgan fingerprint density at radius 2 is 1.71 bits per heavy atom. The average Bonchev–Trinajstić information content (AvgIpc) is 3.02. The highest BCUT2D eigenvalue weighted by Crippen LogP contribution is 2.43. The lowest BCUT2D eigenvalue weighted by molar-refractivity contribution is -0.115. The van der Waals surface area contributed by atoms with Crippen molar-refractivity contribution in [2.75, 3.05) is 19.5 Å². The molecule has 0 radical (unpaired) electrons. The van der Waals surface area contributed by atoms with Crippen molar-refractivity contribution in [2.24, 2.45) is 0 Å². The first kappa shape index (κ1) is 28.7. The van der Waals surface area contributed by atoms with Crippen LogP contribution < -0.4 is 14.8 Å². The van der Waals surface area contributed by atoms with Crippen molar-refractivity contribution in [3.63, 3.8) is 0 Å². The van der Waals surface area contributed by atoms with Gasteiger partial charge in [0.25, 0.3) is 0 Å². The highest BCUT2D eigenvalue weighted by Gasteiger charge is 2.25. The van der Waals surface area contributed by atoms with Crippen molar-refractivity contribution in [3.05, 3.63) is 96.2 Å². The van der Waals surface area contributed by atoms with E-state index < -0.39 is 5.25 Å². The summed E-state index contributed by atoms with van der Waals surface area (Å²) in [6, 6.07) is 29.2. The summed E-state index contributed by atoms with van der Waals surface area (Å²) in [4.78, 5) is 23.2. The van der Waals surface area contributed by atoms with Gasteiger partial charge in [0, 0.05) is 27.8 Å². The quantitative estimate of drug-likeness (QED) is 0.180. The number of carbonyl (C=O) groups is 1. The fraction of sp³-hybridized carbons (Fsp3) is 0.176. The number of nitrogens with zero attached hydrogens (tertiary/aromatic N) is 3. The predicted octanol–water partition coefficient (Wildman–Crippen LogP) is 7.67. The Hall–Kier alpha value is -4.87. The Kier molecular flexibility index (Phi) is 8.70. The van der Waals surface area contributed by atoms with Gasteiger partial charge in [-0.3, -0.25) is 9.78 Å². The Labute approximate surface area is 249 Å². The number of amides is 1. The zero-order chi connectivity index (χ0) is 29.6. The lowest BCUT2D eigenvalue weighted by Crippen LogP contribution is -2.25. The van der Waals surface area contributed by atoms with Gasteiger partial charge in [0.15, 0.2) is 11.5 Å². The lowest BCUT2D eigenvalue weighted by Gasteiger charge is -2.19. The number of aryl methyl sites for hydroxylation is 1. The van der Waals surface area contributed by atoms with Crippen molar-refractivity contribution < 1.29 is 14.3 Å². The lowest BCUT2D eigenvalue weighted by atomic mass is 9.98. The van der Waals surface area contributed by atoms with Crippen LogP contribution in [0.5, 0.6) is 11.5 Å². The van der Waals surface area contributed by atoms with Gasteiger partial charge in [0.05, 0.1) is 41.9 Å². The number of hydrogen-bond donors (Lipinski definition) is 1. The molecule has 7 nitrogen and oxygen atoms in total. The van der Waals surface area contributed by atoms with Gasteiger partial charge >= 0.3 is 0 Å². The number of methoxy groups -OCH3 is 2. The van der Waals surface area contributed by atoms with E-state index in [1.54, 1.807) is 14.2 Å². The van der Waals surface area contributed by atoms with Crippen LogP contribution in [0.25, 0.3) is 33.3 Å². The molecule has 0 aliphatic rings. The second kappa shape index (κ2) is 12.8. The Morgan fingerprint density at radius 1 is 0.952 bits per heavy atom. The van der Waals surface area contributed by atoms with Crippen LogP contribution in [0.2, 0.25) is 0 Å². The van der Waals surface area contributed by atoms with Crippen LogP contribution >= 0.6 is 11.8 Å². The molecule has 8 heteroatoms.